The van der Waals surface area contributed by atoms with Gasteiger partial charge in [0.25, 0.3) is 0 Å². The average molecular weight is 894 g/mol. The molecule has 0 radical (unpaired) electrons. The first-order valence-electron chi connectivity index (χ1n) is 26.0. The molecule has 0 spiro atoms. The van der Waals surface area contributed by atoms with Crippen molar-refractivity contribution in [3.8, 4) is 0 Å². The molecular formula is C53H102N2O6P+. The maximum absolute atomic E-state index is 12.9. The van der Waals surface area contributed by atoms with Crippen molar-refractivity contribution in [3.63, 3.8) is 0 Å². The number of aliphatic hydroxyl groups is 1. The van der Waals surface area contributed by atoms with Gasteiger partial charge in [0, 0.05) is 6.42 Å². The van der Waals surface area contributed by atoms with Crippen LogP contribution in [0.25, 0.3) is 0 Å². The van der Waals surface area contributed by atoms with E-state index >= 15 is 0 Å². The number of nitrogens with zero attached hydrogens (tertiary/aromatic N) is 1. The van der Waals surface area contributed by atoms with Gasteiger partial charge in [0.15, 0.2) is 0 Å². The maximum atomic E-state index is 12.9. The van der Waals surface area contributed by atoms with Crippen molar-refractivity contribution in [2.24, 2.45) is 0 Å². The van der Waals surface area contributed by atoms with Crippen LogP contribution in [0.4, 0.5) is 0 Å². The highest BCUT2D eigenvalue weighted by molar-refractivity contribution is 7.47. The molecule has 1 amide bonds. The van der Waals surface area contributed by atoms with Crippen LogP contribution in [0.3, 0.4) is 0 Å². The van der Waals surface area contributed by atoms with E-state index < -0.39 is 20.0 Å². The monoisotopic (exact) mass is 894 g/mol. The number of phosphoric acid groups is 1. The molecular weight excluding hydrogens is 792 g/mol. The number of unbranched alkanes of at least 4 members (excludes halogenated alkanes) is 28. The zero-order chi connectivity index (χ0) is 45.7. The van der Waals surface area contributed by atoms with Gasteiger partial charge in [0.05, 0.1) is 39.9 Å². The zero-order valence-electron chi connectivity index (χ0n) is 41.4. The zero-order valence-corrected chi connectivity index (χ0v) is 42.3. The lowest BCUT2D eigenvalue weighted by Gasteiger charge is -2.25. The Hall–Kier alpha value is -1.54. The van der Waals surface area contributed by atoms with E-state index in [-0.39, 0.29) is 19.1 Å². The lowest BCUT2D eigenvalue weighted by Crippen LogP contribution is -2.45. The van der Waals surface area contributed by atoms with E-state index in [0.29, 0.717) is 17.4 Å². The summed E-state index contributed by atoms with van der Waals surface area (Å²) in [5.41, 5.74) is 0. The molecule has 9 heteroatoms. The van der Waals surface area contributed by atoms with Gasteiger partial charge in [-0.1, -0.05) is 204 Å². The summed E-state index contributed by atoms with van der Waals surface area (Å²) in [6, 6.07) is -0.874. The molecule has 0 saturated heterocycles. The normalized spacial score (nSPS) is 14.5. The number of carbonyl (C=O) groups is 1. The van der Waals surface area contributed by atoms with Crippen molar-refractivity contribution < 1.29 is 32.9 Å². The lowest BCUT2D eigenvalue weighted by atomic mass is 10.0. The van der Waals surface area contributed by atoms with E-state index in [0.717, 1.165) is 57.8 Å². The number of allylic oxidation sites excluding steroid dienone is 7. The average Bonchev–Trinajstić information content (AvgIpc) is 3.23. The summed E-state index contributed by atoms with van der Waals surface area (Å²) in [5, 5.41) is 13.8. The van der Waals surface area contributed by atoms with Gasteiger partial charge >= 0.3 is 7.82 Å². The molecule has 8 nitrogen and oxygen atoms in total. The van der Waals surface area contributed by atoms with Crippen molar-refractivity contribution in [1.82, 2.24) is 5.32 Å². The van der Waals surface area contributed by atoms with Gasteiger partial charge < -0.3 is 19.8 Å². The quantitative estimate of drug-likeness (QED) is 0.0243. The largest absolute Gasteiger partial charge is 0.472 e. The van der Waals surface area contributed by atoms with Gasteiger partial charge in [-0.2, -0.15) is 0 Å². The van der Waals surface area contributed by atoms with Crippen molar-refractivity contribution in [1.29, 1.82) is 0 Å². The molecule has 0 aromatic carbocycles. The third-order valence-electron chi connectivity index (χ3n) is 11.5. The van der Waals surface area contributed by atoms with Crippen molar-refractivity contribution in [3.05, 3.63) is 48.6 Å². The third kappa shape index (κ3) is 46.5. The molecule has 0 fully saturated rings. The Morgan fingerprint density at radius 2 is 0.887 bits per heavy atom. The van der Waals surface area contributed by atoms with Gasteiger partial charge in [-0.15, -0.1) is 0 Å². The van der Waals surface area contributed by atoms with E-state index in [9.17, 15) is 19.4 Å². The number of quaternary nitrogens is 1. The first kappa shape index (κ1) is 60.5. The second-order valence-electron chi connectivity index (χ2n) is 18.9. The number of carbonyl (C=O) groups excluding carboxylic acids is 1. The molecule has 3 unspecified atom stereocenters. The van der Waals surface area contributed by atoms with Gasteiger partial charge in [0.2, 0.25) is 5.91 Å². The topological polar surface area (TPSA) is 105 Å². The van der Waals surface area contributed by atoms with Crippen LogP contribution in [0, 0.1) is 0 Å². The number of aliphatic hydroxyl groups excluding tert-OH is 1. The standard InChI is InChI=1S/C53H101N2O6P/c1-6-8-10-12-14-16-18-20-22-23-24-25-26-27-28-29-30-31-32-33-34-36-38-40-42-44-46-52(56)51(50-61-62(58,59)60-49-48-55(3,4)5)54-53(57)47-45-43-41-39-37-35-21-19-17-15-13-11-9-7-2/h19,21,31-32,36,38,44,46,51-52,56H,6-18,20,22-30,33-35,37,39-43,45,47-50H2,1-5H3,(H-,54,57,58,59)/p+1/b21-19-,32-31+,38-36+,46-44+. The Morgan fingerprint density at radius 1 is 0.532 bits per heavy atom. The van der Waals surface area contributed by atoms with Crippen molar-refractivity contribution >= 4 is 13.7 Å². The highest BCUT2D eigenvalue weighted by atomic mass is 31.2. The second kappa shape index (κ2) is 44.7. The number of hydrogen-bond acceptors (Lipinski definition) is 5. The highest BCUT2D eigenvalue weighted by Crippen LogP contribution is 2.43. The molecule has 0 bridgehead atoms. The molecule has 0 rings (SSSR count). The molecule has 0 aliphatic rings. The lowest BCUT2D eigenvalue weighted by molar-refractivity contribution is -0.870. The van der Waals surface area contributed by atoms with Crippen LogP contribution < -0.4 is 5.32 Å². The predicted octanol–water partition coefficient (Wildman–Crippen LogP) is 15.2. The Balaban J connectivity index is 4.33. The van der Waals surface area contributed by atoms with Gasteiger partial charge in [-0.05, 0) is 70.6 Å². The summed E-state index contributed by atoms with van der Waals surface area (Å²) in [7, 11) is 1.54. The molecule has 0 saturated carbocycles. The van der Waals surface area contributed by atoms with E-state index in [1.165, 1.54) is 154 Å². The minimum absolute atomic E-state index is 0.0512. The van der Waals surface area contributed by atoms with Crippen LogP contribution in [-0.4, -0.2) is 73.4 Å². The summed E-state index contributed by atoms with van der Waals surface area (Å²) in [6.07, 6.45) is 57.8. The van der Waals surface area contributed by atoms with Crippen molar-refractivity contribution in [2.75, 3.05) is 40.9 Å². The first-order valence-corrected chi connectivity index (χ1v) is 27.5. The fourth-order valence-electron chi connectivity index (χ4n) is 7.36. The van der Waals surface area contributed by atoms with Crippen LogP contribution in [0.1, 0.15) is 232 Å². The Kier molecular flexibility index (Phi) is 43.5. The molecule has 0 aliphatic carbocycles. The fraction of sp³-hybridized carbons (Fsp3) is 0.830. The fourth-order valence-corrected chi connectivity index (χ4v) is 8.10. The SMILES string of the molecule is CCCCCCC/C=C\CCCCCCCC(=O)NC(COP(=O)(O)OCC[N+](C)(C)C)C(O)/C=C/CC/C=C/CC/C=C/CCCCCCCCCCCCCCCCCC. The summed E-state index contributed by atoms with van der Waals surface area (Å²) in [5.74, 6) is -0.200. The maximum Gasteiger partial charge on any atom is 0.472 e. The third-order valence-corrected chi connectivity index (χ3v) is 12.5. The number of phosphoric ester groups is 1. The van der Waals surface area contributed by atoms with Crippen LogP contribution in [0.15, 0.2) is 48.6 Å². The summed E-state index contributed by atoms with van der Waals surface area (Å²) in [6.45, 7) is 4.78. The highest BCUT2D eigenvalue weighted by Gasteiger charge is 2.27. The van der Waals surface area contributed by atoms with Gasteiger partial charge in [-0.25, -0.2) is 4.57 Å². The Labute approximate surface area is 384 Å². The predicted molar refractivity (Wildman–Crippen MR) is 267 cm³/mol. The summed E-state index contributed by atoms with van der Waals surface area (Å²) in [4.78, 5) is 23.2. The number of rotatable bonds is 47. The smallest absolute Gasteiger partial charge is 0.387 e. The Morgan fingerprint density at radius 3 is 1.29 bits per heavy atom. The van der Waals surface area contributed by atoms with E-state index in [1.54, 1.807) is 6.08 Å². The minimum atomic E-state index is -4.36. The molecule has 3 N–H and O–H groups in total. The van der Waals surface area contributed by atoms with E-state index in [2.05, 4.69) is 55.6 Å². The molecule has 0 aliphatic heterocycles. The van der Waals surface area contributed by atoms with E-state index in [1.807, 2.05) is 27.2 Å². The summed E-state index contributed by atoms with van der Waals surface area (Å²) >= 11 is 0. The number of nitrogens with one attached hydrogen (secondary N) is 1. The minimum Gasteiger partial charge on any atom is -0.387 e. The van der Waals surface area contributed by atoms with Crippen molar-refractivity contribution in [2.45, 2.75) is 244 Å². The molecule has 0 aromatic rings. The number of likely N-dealkylation sites (N-methyl/N-ethyl adjacent to an activating group) is 1. The van der Waals surface area contributed by atoms with Gasteiger partial charge in [-0.3, -0.25) is 13.8 Å². The molecule has 0 heterocycles. The second-order valence-corrected chi connectivity index (χ2v) is 20.3. The van der Waals surface area contributed by atoms with Crippen LogP contribution in [-0.2, 0) is 18.4 Å². The number of amides is 1. The first-order chi connectivity index (χ1) is 30.0. The molecule has 3 atom stereocenters. The Bertz CT molecular complexity index is 1150. The van der Waals surface area contributed by atoms with Crippen LogP contribution in [0.2, 0.25) is 0 Å². The molecule has 0 aromatic heterocycles. The summed E-state index contributed by atoms with van der Waals surface area (Å²) < 4.78 is 23.6. The van der Waals surface area contributed by atoms with Crippen LogP contribution in [0.5, 0.6) is 0 Å². The van der Waals surface area contributed by atoms with E-state index in [4.69, 9.17) is 9.05 Å². The van der Waals surface area contributed by atoms with Gasteiger partial charge in [0.1, 0.15) is 13.2 Å². The molecule has 62 heavy (non-hydrogen) atoms. The number of hydrogen-bond donors (Lipinski definition) is 3. The van der Waals surface area contributed by atoms with Crippen LogP contribution >= 0.6 is 7.82 Å². The molecule has 364 valence electrons.